The number of hydrogen-bond donors (Lipinski definition) is 2. The normalized spacial score (nSPS) is 10.7. The maximum Gasteiger partial charge on any atom is 0.419 e. The molecule has 8 nitrogen and oxygen atoms in total. The van der Waals surface area contributed by atoms with Crippen LogP contribution >= 0.6 is 0 Å². The molecule has 0 atom stereocenters. The van der Waals surface area contributed by atoms with E-state index in [4.69, 9.17) is 9.15 Å². The maximum absolute atomic E-state index is 12.8. The van der Waals surface area contributed by atoms with E-state index >= 15 is 0 Å². The summed E-state index contributed by atoms with van der Waals surface area (Å²) in [4.78, 5) is 50.6. The number of carbonyl (C=O) groups is 2. The maximum atomic E-state index is 12.8. The van der Waals surface area contributed by atoms with E-state index in [1.807, 2.05) is 6.92 Å². The first kappa shape index (κ1) is 21.8. The second-order valence-electron chi connectivity index (χ2n) is 7.50. The molecule has 8 heteroatoms. The highest BCUT2D eigenvalue weighted by Crippen LogP contribution is 2.21. The summed E-state index contributed by atoms with van der Waals surface area (Å²) in [6.07, 6.45) is 0.403. The molecule has 0 bridgehead atoms. The number of ether oxygens (including phenoxy) is 1. The van der Waals surface area contributed by atoms with Crippen LogP contribution < -0.4 is 16.6 Å². The number of fused-ring (bicyclic) bond motifs is 1. The number of amides is 1. The summed E-state index contributed by atoms with van der Waals surface area (Å²) in [5.74, 6) is -1.72. The third kappa shape index (κ3) is 4.59. The summed E-state index contributed by atoms with van der Waals surface area (Å²) < 4.78 is 9.86. The number of hydrogen-bond acceptors (Lipinski definition) is 6. The lowest BCUT2D eigenvalue weighted by molar-refractivity contribution is 0.0602. The van der Waals surface area contributed by atoms with Crippen LogP contribution in [0.25, 0.3) is 11.0 Å². The molecule has 1 heterocycles. The van der Waals surface area contributed by atoms with Crippen molar-refractivity contribution in [2.24, 2.45) is 0 Å². The Hall–Kier alpha value is -4.46. The highest BCUT2D eigenvalue weighted by atomic mass is 16.5. The minimum absolute atomic E-state index is 0.219. The smallest absolute Gasteiger partial charge is 0.419 e. The topological polar surface area (TPSA) is 118 Å². The molecular weight excluding hydrogens is 424 g/mol. The zero-order valence-corrected chi connectivity index (χ0v) is 17.9. The molecule has 4 aromatic rings. The summed E-state index contributed by atoms with van der Waals surface area (Å²) in [7, 11) is 1.28. The third-order valence-electron chi connectivity index (χ3n) is 5.20. The van der Waals surface area contributed by atoms with Gasteiger partial charge in [0.05, 0.1) is 23.7 Å². The SMILES string of the molecule is COC(=O)c1ccc(C)cc1NC(=O)c1ccc(Cc2cccc3oc(=O)[nH]c(=O)c23)cc1. The molecule has 1 amide bonds. The van der Waals surface area contributed by atoms with Crippen LogP contribution in [-0.2, 0) is 11.2 Å². The number of benzene rings is 3. The first-order valence-corrected chi connectivity index (χ1v) is 10.1. The minimum atomic E-state index is -0.802. The summed E-state index contributed by atoms with van der Waals surface area (Å²) in [5.41, 5.74) is 3.18. The second kappa shape index (κ2) is 8.96. The van der Waals surface area contributed by atoms with Gasteiger partial charge in [-0.3, -0.25) is 14.6 Å². The van der Waals surface area contributed by atoms with Gasteiger partial charge in [0.25, 0.3) is 11.5 Å². The monoisotopic (exact) mass is 444 g/mol. The Morgan fingerprint density at radius 1 is 1.03 bits per heavy atom. The van der Waals surface area contributed by atoms with E-state index in [1.54, 1.807) is 60.7 Å². The summed E-state index contributed by atoms with van der Waals surface area (Å²) in [6.45, 7) is 1.86. The Balaban J connectivity index is 1.57. The van der Waals surface area contributed by atoms with Crippen molar-refractivity contribution in [2.75, 3.05) is 12.4 Å². The Labute approximate surface area is 187 Å². The lowest BCUT2D eigenvalue weighted by Crippen LogP contribution is -2.19. The van der Waals surface area contributed by atoms with Crippen LogP contribution in [0.4, 0.5) is 5.69 Å². The predicted octanol–water partition coefficient (Wildman–Crippen LogP) is 3.42. The van der Waals surface area contributed by atoms with Gasteiger partial charge in [0.2, 0.25) is 0 Å². The molecule has 0 aliphatic carbocycles. The van der Waals surface area contributed by atoms with Crippen molar-refractivity contribution in [1.29, 1.82) is 0 Å². The van der Waals surface area contributed by atoms with Crippen LogP contribution in [-0.4, -0.2) is 24.0 Å². The number of anilines is 1. The molecule has 2 N–H and O–H groups in total. The molecule has 4 rings (SSSR count). The molecular formula is C25H20N2O6. The fraction of sp³-hybridized carbons (Fsp3) is 0.120. The van der Waals surface area contributed by atoms with Gasteiger partial charge < -0.3 is 14.5 Å². The molecule has 0 saturated heterocycles. The van der Waals surface area contributed by atoms with E-state index in [0.717, 1.165) is 11.1 Å². The van der Waals surface area contributed by atoms with Crippen LogP contribution in [0, 0.1) is 6.92 Å². The molecule has 166 valence electrons. The van der Waals surface area contributed by atoms with E-state index in [1.165, 1.54) is 7.11 Å². The van der Waals surface area contributed by atoms with Crippen molar-refractivity contribution >= 4 is 28.5 Å². The van der Waals surface area contributed by atoms with Gasteiger partial charge in [0.15, 0.2) is 0 Å². The fourth-order valence-electron chi connectivity index (χ4n) is 3.59. The van der Waals surface area contributed by atoms with Gasteiger partial charge in [-0.05, 0) is 60.4 Å². The molecule has 0 radical (unpaired) electrons. The molecule has 0 aliphatic heterocycles. The van der Waals surface area contributed by atoms with Gasteiger partial charge in [0.1, 0.15) is 5.58 Å². The van der Waals surface area contributed by atoms with E-state index in [-0.39, 0.29) is 17.1 Å². The van der Waals surface area contributed by atoms with Crippen molar-refractivity contribution in [3.63, 3.8) is 0 Å². The largest absolute Gasteiger partial charge is 0.465 e. The fourth-order valence-corrected chi connectivity index (χ4v) is 3.59. The number of H-pyrrole nitrogens is 1. The van der Waals surface area contributed by atoms with Crippen LogP contribution in [0.3, 0.4) is 0 Å². The number of nitrogens with one attached hydrogen (secondary N) is 2. The Kier molecular flexibility index (Phi) is 5.91. The quantitative estimate of drug-likeness (QED) is 0.456. The first-order valence-electron chi connectivity index (χ1n) is 10.1. The van der Waals surface area contributed by atoms with E-state index in [2.05, 4.69) is 10.3 Å². The van der Waals surface area contributed by atoms with Crippen LogP contribution in [0.2, 0.25) is 0 Å². The predicted molar refractivity (Wildman–Crippen MR) is 123 cm³/mol. The van der Waals surface area contributed by atoms with Gasteiger partial charge in [-0.15, -0.1) is 0 Å². The molecule has 0 fully saturated rings. The highest BCUT2D eigenvalue weighted by Gasteiger charge is 2.15. The minimum Gasteiger partial charge on any atom is -0.465 e. The van der Waals surface area contributed by atoms with Crippen molar-refractivity contribution in [2.45, 2.75) is 13.3 Å². The van der Waals surface area contributed by atoms with E-state index in [9.17, 15) is 19.2 Å². The van der Waals surface area contributed by atoms with Gasteiger partial charge in [-0.2, -0.15) is 0 Å². The molecule has 3 aromatic carbocycles. The zero-order chi connectivity index (χ0) is 23.5. The average molecular weight is 444 g/mol. The average Bonchev–Trinajstić information content (AvgIpc) is 2.79. The summed E-state index contributed by atoms with van der Waals surface area (Å²) in [5, 5.41) is 3.08. The van der Waals surface area contributed by atoms with Gasteiger partial charge in [-0.25, -0.2) is 9.59 Å². The number of aromatic amines is 1. The van der Waals surface area contributed by atoms with Gasteiger partial charge in [0, 0.05) is 5.56 Å². The van der Waals surface area contributed by atoms with E-state index in [0.29, 0.717) is 28.6 Å². The van der Waals surface area contributed by atoms with Crippen molar-refractivity contribution in [1.82, 2.24) is 4.98 Å². The van der Waals surface area contributed by atoms with Crippen LogP contribution in [0.5, 0.6) is 0 Å². The third-order valence-corrected chi connectivity index (χ3v) is 5.20. The molecule has 1 aromatic heterocycles. The summed E-state index contributed by atoms with van der Waals surface area (Å²) in [6, 6.07) is 17.0. The number of aromatic nitrogens is 1. The lowest BCUT2D eigenvalue weighted by Gasteiger charge is -2.11. The van der Waals surface area contributed by atoms with Crippen molar-refractivity contribution in [3.8, 4) is 0 Å². The molecule has 0 saturated carbocycles. The highest BCUT2D eigenvalue weighted by molar-refractivity contribution is 6.08. The van der Waals surface area contributed by atoms with Gasteiger partial charge >= 0.3 is 11.7 Å². The molecule has 0 unspecified atom stereocenters. The van der Waals surface area contributed by atoms with Crippen LogP contribution in [0.1, 0.15) is 37.4 Å². The van der Waals surface area contributed by atoms with Crippen molar-refractivity contribution in [3.05, 3.63) is 109 Å². The number of aryl methyl sites for hydroxylation is 1. The number of esters is 1. The zero-order valence-electron chi connectivity index (χ0n) is 17.9. The van der Waals surface area contributed by atoms with Crippen LogP contribution in [0.15, 0.2) is 74.7 Å². The van der Waals surface area contributed by atoms with Crippen molar-refractivity contribution < 1.29 is 18.7 Å². The summed E-state index contributed by atoms with van der Waals surface area (Å²) >= 11 is 0. The number of methoxy groups -OCH3 is 1. The Morgan fingerprint density at radius 3 is 2.52 bits per heavy atom. The lowest BCUT2D eigenvalue weighted by atomic mass is 10.0. The standard InChI is InChI=1S/C25H20N2O6/c1-14-6-11-18(24(30)32-2)19(12-14)26-22(28)16-9-7-15(8-10-16)13-17-4-3-5-20-21(17)23(29)27-25(31)33-20/h3-12H,13H2,1-2H3,(H,26,28)(H,27,29,31). The second-order valence-corrected chi connectivity index (χ2v) is 7.50. The molecule has 0 spiro atoms. The van der Waals surface area contributed by atoms with E-state index < -0.39 is 17.3 Å². The number of rotatable bonds is 5. The first-order chi connectivity index (χ1) is 15.9. The number of carbonyl (C=O) groups excluding carboxylic acids is 2. The molecule has 0 aliphatic rings. The molecule has 33 heavy (non-hydrogen) atoms. The Bertz CT molecular complexity index is 1480. The Morgan fingerprint density at radius 2 is 1.79 bits per heavy atom. The van der Waals surface area contributed by atoms with Gasteiger partial charge in [-0.1, -0.05) is 30.3 Å².